The van der Waals surface area contributed by atoms with E-state index in [1.54, 1.807) is 12.4 Å². The quantitative estimate of drug-likeness (QED) is 0.305. The first kappa shape index (κ1) is 20.7. The molecule has 0 radical (unpaired) electrons. The normalized spacial score (nSPS) is 12.2. The van der Waals surface area contributed by atoms with Gasteiger partial charge in [0.15, 0.2) is 0 Å². The van der Waals surface area contributed by atoms with Gasteiger partial charge in [-0.3, -0.25) is 9.97 Å². The van der Waals surface area contributed by atoms with Crippen LogP contribution >= 0.6 is 23.2 Å². The number of nitrogens with zero attached hydrogens (tertiary/aromatic N) is 2. The van der Waals surface area contributed by atoms with Gasteiger partial charge in [0, 0.05) is 45.4 Å². The molecule has 2 heterocycles. The summed E-state index contributed by atoms with van der Waals surface area (Å²) in [6.45, 7) is 0.625. The molecule has 5 aromatic rings. The Morgan fingerprint density at radius 3 is 2.19 bits per heavy atom. The molecule has 158 valence electrons. The van der Waals surface area contributed by atoms with Crippen molar-refractivity contribution in [1.82, 2.24) is 9.97 Å². The minimum Gasteiger partial charge on any atom is -0.380 e. The van der Waals surface area contributed by atoms with Crippen molar-refractivity contribution in [3.05, 3.63) is 112 Å². The molecule has 0 aliphatic rings. The second-order valence-electron chi connectivity index (χ2n) is 7.61. The molecule has 3 N–H and O–H groups in total. The highest BCUT2D eigenvalue weighted by atomic mass is 35.5. The first-order valence-corrected chi connectivity index (χ1v) is 11.0. The number of pyridine rings is 2. The lowest BCUT2D eigenvalue weighted by atomic mass is 9.93. The van der Waals surface area contributed by atoms with Crippen molar-refractivity contribution in [2.45, 2.75) is 12.6 Å². The number of fused-ring (bicyclic) bond motifs is 2. The molecular formula is C26H20Cl2N4. The van der Waals surface area contributed by atoms with E-state index in [4.69, 9.17) is 28.9 Å². The van der Waals surface area contributed by atoms with Gasteiger partial charge >= 0.3 is 0 Å². The highest BCUT2D eigenvalue weighted by molar-refractivity contribution is 6.31. The molecule has 6 heteroatoms. The average Bonchev–Trinajstić information content (AvgIpc) is 2.81. The van der Waals surface area contributed by atoms with Crippen molar-refractivity contribution in [3.63, 3.8) is 0 Å². The molecule has 0 fully saturated rings. The molecule has 0 aliphatic heterocycles. The maximum atomic E-state index is 6.78. The molecule has 0 saturated heterocycles. The molecule has 0 aliphatic carbocycles. The van der Waals surface area contributed by atoms with E-state index >= 15 is 0 Å². The second kappa shape index (κ2) is 8.75. The zero-order chi connectivity index (χ0) is 22.1. The predicted molar refractivity (Wildman–Crippen MR) is 133 cm³/mol. The summed E-state index contributed by atoms with van der Waals surface area (Å²) in [5.41, 5.74) is 12.7. The van der Waals surface area contributed by atoms with E-state index in [0.29, 0.717) is 16.6 Å². The third kappa shape index (κ3) is 4.00. The molecule has 0 bridgehead atoms. The molecule has 1 atom stereocenters. The Morgan fingerprint density at radius 1 is 0.750 bits per heavy atom. The van der Waals surface area contributed by atoms with Gasteiger partial charge in [0.05, 0.1) is 17.1 Å². The van der Waals surface area contributed by atoms with Crippen LogP contribution in [0.1, 0.15) is 22.7 Å². The molecule has 0 spiro atoms. The van der Waals surface area contributed by atoms with E-state index in [9.17, 15) is 0 Å². The molecule has 0 saturated carbocycles. The summed E-state index contributed by atoms with van der Waals surface area (Å²) in [7, 11) is 0. The Morgan fingerprint density at radius 2 is 1.41 bits per heavy atom. The number of benzene rings is 3. The van der Waals surface area contributed by atoms with Crippen LogP contribution in [0, 0.1) is 0 Å². The number of hydrogen-bond acceptors (Lipinski definition) is 4. The van der Waals surface area contributed by atoms with E-state index in [1.807, 2.05) is 60.7 Å². The van der Waals surface area contributed by atoms with Gasteiger partial charge in [0.1, 0.15) is 0 Å². The van der Waals surface area contributed by atoms with Crippen LogP contribution in [-0.4, -0.2) is 9.97 Å². The fraction of sp³-hybridized carbons (Fsp3) is 0.0769. The van der Waals surface area contributed by atoms with Crippen molar-refractivity contribution in [2.75, 3.05) is 5.32 Å². The number of nitrogens with two attached hydrogens (primary N) is 1. The summed E-state index contributed by atoms with van der Waals surface area (Å²) in [5, 5.41) is 6.90. The fourth-order valence-electron chi connectivity index (χ4n) is 4.05. The molecule has 2 aromatic heterocycles. The van der Waals surface area contributed by atoms with Crippen molar-refractivity contribution < 1.29 is 0 Å². The van der Waals surface area contributed by atoms with Gasteiger partial charge < -0.3 is 11.1 Å². The lowest BCUT2D eigenvalue weighted by Crippen LogP contribution is -2.16. The molecule has 0 amide bonds. The number of hydrogen-bond donors (Lipinski definition) is 2. The number of rotatable bonds is 5. The minimum absolute atomic E-state index is 0.298. The van der Waals surface area contributed by atoms with Gasteiger partial charge in [-0.05, 0) is 59.2 Å². The van der Waals surface area contributed by atoms with Crippen LogP contribution in [0.4, 0.5) is 5.69 Å². The zero-order valence-corrected chi connectivity index (χ0v) is 18.6. The van der Waals surface area contributed by atoms with Crippen LogP contribution in [0.2, 0.25) is 10.0 Å². The predicted octanol–water partition coefficient (Wildman–Crippen LogP) is 6.75. The molecule has 5 rings (SSSR count). The fourth-order valence-corrected chi connectivity index (χ4v) is 4.38. The SMILES string of the molecule is NC(c1ccccc1CNc1ccnc2cc(Cl)ccc12)c1ccnc2cc(Cl)ccc12. The maximum absolute atomic E-state index is 6.78. The third-order valence-corrected chi connectivity index (χ3v) is 6.11. The van der Waals surface area contributed by atoms with Crippen LogP contribution in [-0.2, 0) is 6.54 Å². The van der Waals surface area contributed by atoms with Gasteiger partial charge in [0.2, 0.25) is 0 Å². The first-order valence-electron chi connectivity index (χ1n) is 10.3. The minimum atomic E-state index is -0.298. The summed E-state index contributed by atoms with van der Waals surface area (Å²) < 4.78 is 0. The first-order chi connectivity index (χ1) is 15.6. The topological polar surface area (TPSA) is 63.8 Å². The Kier molecular flexibility index (Phi) is 5.66. The van der Waals surface area contributed by atoms with Crippen LogP contribution in [0.5, 0.6) is 0 Å². The van der Waals surface area contributed by atoms with Crippen molar-refractivity contribution in [2.24, 2.45) is 5.73 Å². The molecule has 1 unspecified atom stereocenters. The summed E-state index contributed by atoms with van der Waals surface area (Å²) in [6, 6.07) is 23.3. The van der Waals surface area contributed by atoms with E-state index in [2.05, 4.69) is 27.4 Å². The number of anilines is 1. The Balaban J connectivity index is 1.48. The van der Waals surface area contributed by atoms with Gasteiger partial charge in [0.25, 0.3) is 0 Å². The Bertz CT molecular complexity index is 1430. The molecule has 4 nitrogen and oxygen atoms in total. The van der Waals surface area contributed by atoms with Crippen molar-refractivity contribution >= 4 is 50.7 Å². The highest BCUT2D eigenvalue weighted by Gasteiger charge is 2.16. The monoisotopic (exact) mass is 458 g/mol. The van der Waals surface area contributed by atoms with Crippen LogP contribution < -0.4 is 11.1 Å². The van der Waals surface area contributed by atoms with Crippen LogP contribution in [0.25, 0.3) is 21.8 Å². The zero-order valence-electron chi connectivity index (χ0n) is 17.1. The standard InChI is InChI=1S/C26H20Cl2N4/c27-17-5-7-20-21(9-11-30-24(20)13-17)26(29)19-4-2-1-3-16(19)15-32-23-10-12-31-25-14-18(28)6-8-22(23)25/h1-14,26H,15,29H2,(H,31,32). The van der Waals surface area contributed by atoms with E-state index < -0.39 is 0 Å². The van der Waals surface area contributed by atoms with Gasteiger partial charge in [-0.15, -0.1) is 0 Å². The lowest BCUT2D eigenvalue weighted by molar-refractivity contribution is 0.857. The Hall–Kier alpha value is -3.18. The molecule has 32 heavy (non-hydrogen) atoms. The number of halogens is 2. The highest BCUT2D eigenvalue weighted by Crippen LogP contribution is 2.30. The smallest absolute Gasteiger partial charge is 0.0737 e. The molecule has 3 aromatic carbocycles. The van der Waals surface area contributed by atoms with Gasteiger partial charge in [-0.25, -0.2) is 0 Å². The largest absolute Gasteiger partial charge is 0.380 e. The Labute approximate surface area is 196 Å². The summed E-state index contributed by atoms with van der Waals surface area (Å²) in [5.74, 6) is 0. The lowest BCUT2D eigenvalue weighted by Gasteiger charge is -2.19. The molecular weight excluding hydrogens is 439 g/mol. The second-order valence-corrected chi connectivity index (χ2v) is 8.48. The van der Waals surface area contributed by atoms with Gasteiger partial charge in [-0.2, -0.15) is 0 Å². The number of nitrogens with one attached hydrogen (secondary N) is 1. The summed E-state index contributed by atoms with van der Waals surface area (Å²) in [6.07, 6.45) is 3.57. The number of aromatic nitrogens is 2. The third-order valence-electron chi connectivity index (χ3n) is 5.64. The average molecular weight is 459 g/mol. The van der Waals surface area contributed by atoms with Crippen LogP contribution in [0.15, 0.2) is 85.2 Å². The van der Waals surface area contributed by atoms with E-state index in [0.717, 1.165) is 44.2 Å². The van der Waals surface area contributed by atoms with E-state index in [-0.39, 0.29) is 6.04 Å². The van der Waals surface area contributed by atoms with Gasteiger partial charge in [-0.1, -0.05) is 53.5 Å². The maximum Gasteiger partial charge on any atom is 0.0737 e. The van der Waals surface area contributed by atoms with Crippen LogP contribution in [0.3, 0.4) is 0 Å². The summed E-state index contributed by atoms with van der Waals surface area (Å²) >= 11 is 12.3. The van der Waals surface area contributed by atoms with Crippen molar-refractivity contribution in [3.8, 4) is 0 Å². The summed E-state index contributed by atoms with van der Waals surface area (Å²) in [4.78, 5) is 8.86. The van der Waals surface area contributed by atoms with Crippen molar-refractivity contribution in [1.29, 1.82) is 0 Å². The van der Waals surface area contributed by atoms with E-state index in [1.165, 1.54) is 0 Å².